The lowest BCUT2D eigenvalue weighted by Gasteiger charge is -1.75. The van der Waals surface area contributed by atoms with E-state index in [2.05, 4.69) is 30.4 Å². The van der Waals surface area contributed by atoms with Gasteiger partial charge in [-0.05, 0) is 11.5 Å². The Balaban J connectivity index is 2.48. The molecule has 0 amide bonds. The van der Waals surface area contributed by atoms with Crippen LogP contribution in [0.25, 0.3) is 10.7 Å². The van der Waals surface area contributed by atoms with Crippen LogP contribution in [0.1, 0.15) is 0 Å². The summed E-state index contributed by atoms with van der Waals surface area (Å²) in [6, 6.07) is 0. The third kappa shape index (κ3) is 0.781. The van der Waals surface area contributed by atoms with Crippen molar-refractivity contribution >= 4 is 11.5 Å². The Kier molecular flexibility index (Phi) is 1.17. The van der Waals surface area contributed by atoms with E-state index >= 15 is 0 Å². The summed E-state index contributed by atoms with van der Waals surface area (Å²) in [6.45, 7) is 0. The van der Waals surface area contributed by atoms with Crippen LogP contribution in [-0.2, 0) is 0 Å². The van der Waals surface area contributed by atoms with Gasteiger partial charge in [-0.2, -0.15) is 4.98 Å². The van der Waals surface area contributed by atoms with E-state index in [-0.39, 0.29) is 0 Å². The molecule has 0 spiro atoms. The SMILES string of the molecule is [c]1nnsc1-c1ncon1. The maximum absolute atomic E-state index is 4.51. The van der Waals surface area contributed by atoms with Crippen molar-refractivity contribution in [1.82, 2.24) is 19.7 Å². The topological polar surface area (TPSA) is 64.7 Å². The molecule has 0 aliphatic carbocycles. The summed E-state index contributed by atoms with van der Waals surface area (Å²) in [7, 11) is 0. The minimum atomic E-state index is 0.481. The largest absolute Gasteiger partial charge is 0.342 e. The van der Waals surface area contributed by atoms with Gasteiger partial charge in [-0.25, -0.2) is 0 Å². The molecule has 0 saturated carbocycles. The fourth-order valence-electron chi connectivity index (χ4n) is 0.509. The summed E-state index contributed by atoms with van der Waals surface area (Å²) in [5.74, 6) is 0.481. The summed E-state index contributed by atoms with van der Waals surface area (Å²) >= 11 is 1.18. The summed E-state index contributed by atoms with van der Waals surface area (Å²) in [6.07, 6.45) is 3.86. The number of rotatable bonds is 1. The minimum Gasteiger partial charge on any atom is -0.342 e. The second-order valence-electron chi connectivity index (χ2n) is 1.47. The van der Waals surface area contributed by atoms with Crippen molar-refractivity contribution in [3.05, 3.63) is 12.6 Å². The molecule has 0 atom stereocenters. The minimum absolute atomic E-state index is 0.481. The molecule has 0 fully saturated rings. The summed E-state index contributed by atoms with van der Waals surface area (Å²) in [4.78, 5) is 4.47. The third-order valence-electron chi connectivity index (χ3n) is 0.889. The smallest absolute Gasteiger partial charge is 0.216 e. The highest BCUT2D eigenvalue weighted by Crippen LogP contribution is 2.14. The van der Waals surface area contributed by atoms with Crippen molar-refractivity contribution in [2.75, 3.05) is 0 Å². The highest BCUT2D eigenvalue weighted by atomic mass is 32.1. The Labute approximate surface area is 59.9 Å². The Bertz CT molecular complexity index is 257. The van der Waals surface area contributed by atoms with Gasteiger partial charge in [0.1, 0.15) is 11.1 Å². The van der Waals surface area contributed by atoms with E-state index in [1.165, 1.54) is 17.9 Å². The van der Waals surface area contributed by atoms with Crippen LogP contribution in [0.3, 0.4) is 0 Å². The molecule has 2 rings (SSSR count). The predicted octanol–water partition coefficient (Wildman–Crippen LogP) is 0.388. The van der Waals surface area contributed by atoms with Crippen molar-refractivity contribution in [1.29, 1.82) is 0 Å². The van der Waals surface area contributed by atoms with Gasteiger partial charge in [0.25, 0.3) is 0 Å². The number of hydrogen-bond acceptors (Lipinski definition) is 6. The molecule has 2 aromatic rings. The van der Waals surface area contributed by atoms with Crippen LogP contribution >= 0.6 is 11.5 Å². The molecule has 5 nitrogen and oxygen atoms in total. The standard InChI is InChI=1S/C4HN4OS/c1-3(10-8-6-1)4-5-2-9-7-4/h2H. The molecule has 2 aromatic heterocycles. The van der Waals surface area contributed by atoms with Crippen molar-refractivity contribution in [3.8, 4) is 10.7 Å². The number of nitrogens with zero attached hydrogens (tertiary/aromatic N) is 4. The van der Waals surface area contributed by atoms with E-state index in [9.17, 15) is 0 Å². The molecular formula is C4HN4OS. The Hall–Kier alpha value is -1.30. The van der Waals surface area contributed by atoms with Crippen LogP contribution in [0.4, 0.5) is 0 Å². The fourth-order valence-corrected chi connectivity index (χ4v) is 0.926. The fraction of sp³-hybridized carbons (Fsp3) is 0. The summed E-state index contributed by atoms with van der Waals surface area (Å²) in [5.41, 5.74) is 0. The zero-order valence-electron chi connectivity index (χ0n) is 4.68. The molecule has 0 unspecified atom stereocenters. The van der Waals surface area contributed by atoms with Gasteiger partial charge < -0.3 is 4.52 Å². The van der Waals surface area contributed by atoms with Crippen LogP contribution in [-0.4, -0.2) is 19.7 Å². The van der Waals surface area contributed by atoms with Gasteiger partial charge >= 0.3 is 0 Å². The zero-order valence-corrected chi connectivity index (χ0v) is 5.50. The highest BCUT2D eigenvalue weighted by Gasteiger charge is 2.04. The molecule has 0 aliphatic heterocycles. The van der Waals surface area contributed by atoms with E-state index in [0.29, 0.717) is 10.7 Å². The summed E-state index contributed by atoms with van der Waals surface area (Å²) in [5, 5.41) is 7.07. The molecule has 1 radical (unpaired) electrons. The molecular weight excluding hydrogens is 152 g/mol. The first-order valence-electron chi connectivity index (χ1n) is 2.43. The molecule has 2 heterocycles. The van der Waals surface area contributed by atoms with Gasteiger partial charge in [0.05, 0.1) is 0 Å². The highest BCUT2D eigenvalue weighted by molar-refractivity contribution is 7.09. The van der Waals surface area contributed by atoms with E-state index in [0.717, 1.165) is 0 Å². The van der Waals surface area contributed by atoms with Gasteiger partial charge in [-0.1, -0.05) is 9.64 Å². The molecule has 49 valence electrons. The average Bonchev–Trinajstić information content (AvgIpc) is 2.59. The second-order valence-corrected chi connectivity index (χ2v) is 2.22. The number of hydrogen-bond donors (Lipinski definition) is 0. The average molecular weight is 153 g/mol. The van der Waals surface area contributed by atoms with Gasteiger partial charge in [-0.3, -0.25) is 0 Å². The molecule has 6 heteroatoms. The maximum atomic E-state index is 4.51. The van der Waals surface area contributed by atoms with Gasteiger partial charge in [0.2, 0.25) is 12.2 Å². The van der Waals surface area contributed by atoms with Gasteiger partial charge in [-0.15, -0.1) is 5.10 Å². The normalized spacial score (nSPS) is 10.0. The molecule has 0 N–H and O–H groups in total. The molecule has 0 aliphatic rings. The van der Waals surface area contributed by atoms with E-state index in [1.807, 2.05) is 0 Å². The monoisotopic (exact) mass is 153 g/mol. The van der Waals surface area contributed by atoms with Crippen molar-refractivity contribution in [2.24, 2.45) is 0 Å². The van der Waals surface area contributed by atoms with Crippen LogP contribution < -0.4 is 0 Å². The number of aromatic nitrogens is 4. The van der Waals surface area contributed by atoms with Crippen LogP contribution in [0.5, 0.6) is 0 Å². The van der Waals surface area contributed by atoms with Gasteiger partial charge in [0.15, 0.2) is 0 Å². The quantitative estimate of drug-likeness (QED) is 0.592. The van der Waals surface area contributed by atoms with Crippen LogP contribution in [0, 0.1) is 6.20 Å². The van der Waals surface area contributed by atoms with Crippen molar-refractivity contribution in [3.63, 3.8) is 0 Å². The molecule has 0 saturated heterocycles. The Morgan fingerprint density at radius 3 is 3.20 bits per heavy atom. The lowest BCUT2D eigenvalue weighted by atomic mass is 10.5. The lowest BCUT2D eigenvalue weighted by Crippen LogP contribution is -1.72. The van der Waals surface area contributed by atoms with Crippen molar-refractivity contribution < 1.29 is 4.52 Å². The maximum Gasteiger partial charge on any atom is 0.216 e. The van der Waals surface area contributed by atoms with Crippen LogP contribution in [0.15, 0.2) is 10.9 Å². The first-order valence-corrected chi connectivity index (χ1v) is 3.21. The van der Waals surface area contributed by atoms with E-state index in [1.54, 1.807) is 0 Å². The summed E-state index contributed by atoms with van der Waals surface area (Å²) < 4.78 is 8.10. The van der Waals surface area contributed by atoms with Crippen LogP contribution in [0.2, 0.25) is 0 Å². The molecule has 0 bridgehead atoms. The lowest BCUT2D eigenvalue weighted by molar-refractivity contribution is 0.419. The first-order chi connectivity index (χ1) is 4.97. The van der Waals surface area contributed by atoms with Crippen molar-refractivity contribution in [2.45, 2.75) is 0 Å². The molecule has 0 aromatic carbocycles. The Morgan fingerprint density at radius 2 is 2.60 bits per heavy atom. The first kappa shape index (κ1) is 5.48. The van der Waals surface area contributed by atoms with E-state index < -0.39 is 0 Å². The third-order valence-corrected chi connectivity index (χ3v) is 1.51. The zero-order chi connectivity index (χ0) is 6.81. The predicted molar refractivity (Wildman–Crippen MR) is 32.0 cm³/mol. The second kappa shape index (κ2) is 2.14. The van der Waals surface area contributed by atoms with E-state index in [4.69, 9.17) is 0 Å². The van der Waals surface area contributed by atoms with Gasteiger partial charge in [0, 0.05) is 0 Å². The molecule has 10 heavy (non-hydrogen) atoms. The Morgan fingerprint density at radius 1 is 1.60 bits per heavy atom.